The molecule has 1 atom stereocenters. The van der Waals surface area contributed by atoms with E-state index < -0.39 is 0 Å². The Labute approximate surface area is 89.1 Å². The molecule has 2 heteroatoms. The van der Waals surface area contributed by atoms with Crippen LogP contribution in [0.1, 0.15) is 46.0 Å². The van der Waals surface area contributed by atoms with Crippen molar-refractivity contribution >= 4 is 0 Å². The third-order valence-electron chi connectivity index (χ3n) is 3.38. The Bertz CT molecular complexity index is 143. The highest BCUT2D eigenvalue weighted by Gasteiger charge is 2.23. The largest absolute Gasteiger partial charge is 0.313 e. The molecule has 1 aliphatic carbocycles. The van der Waals surface area contributed by atoms with E-state index in [-0.39, 0.29) is 0 Å². The van der Waals surface area contributed by atoms with Gasteiger partial charge in [0.05, 0.1) is 0 Å². The molecule has 1 rings (SSSR count). The lowest BCUT2D eigenvalue weighted by Gasteiger charge is -2.36. The third kappa shape index (κ3) is 3.58. The zero-order valence-electron chi connectivity index (χ0n) is 10.1. The highest BCUT2D eigenvalue weighted by atomic mass is 15.2. The molecule has 0 heterocycles. The number of likely N-dealkylation sites (N-methyl/N-ethyl adjacent to an activating group) is 1. The van der Waals surface area contributed by atoms with Gasteiger partial charge < -0.3 is 10.2 Å². The van der Waals surface area contributed by atoms with Crippen molar-refractivity contribution < 1.29 is 0 Å². The van der Waals surface area contributed by atoms with E-state index in [0.29, 0.717) is 6.04 Å². The average molecular weight is 198 g/mol. The summed E-state index contributed by atoms with van der Waals surface area (Å²) in [7, 11) is 2.28. The van der Waals surface area contributed by atoms with Crippen molar-refractivity contribution in [2.75, 3.05) is 20.1 Å². The molecule has 0 aromatic heterocycles. The van der Waals surface area contributed by atoms with Gasteiger partial charge in [0.1, 0.15) is 0 Å². The van der Waals surface area contributed by atoms with E-state index in [0.717, 1.165) is 12.6 Å². The Hall–Kier alpha value is -0.0800. The summed E-state index contributed by atoms with van der Waals surface area (Å²) in [5, 5.41) is 3.61. The van der Waals surface area contributed by atoms with Crippen LogP contribution in [-0.4, -0.2) is 37.1 Å². The molecular weight excluding hydrogens is 172 g/mol. The van der Waals surface area contributed by atoms with Crippen LogP contribution < -0.4 is 5.32 Å². The summed E-state index contributed by atoms with van der Waals surface area (Å²) in [5.41, 5.74) is 0. The van der Waals surface area contributed by atoms with Crippen molar-refractivity contribution in [2.24, 2.45) is 0 Å². The molecule has 0 saturated heterocycles. The van der Waals surface area contributed by atoms with Crippen LogP contribution in [0.15, 0.2) is 0 Å². The van der Waals surface area contributed by atoms with Crippen LogP contribution in [0, 0.1) is 0 Å². The zero-order chi connectivity index (χ0) is 10.4. The molecule has 0 amide bonds. The van der Waals surface area contributed by atoms with Crippen molar-refractivity contribution in [3.05, 3.63) is 0 Å². The van der Waals surface area contributed by atoms with Crippen LogP contribution in [0.4, 0.5) is 0 Å². The lowest BCUT2D eigenvalue weighted by Crippen LogP contribution is -2.45. The Morgan fingerprint density at radius 1 is 1.36 bits per heavy atom. The lowest BCUT2D eigenvalue weighted by molar-refractivity contribution is 0.144. The molecule has 0 radical (unpaired) electrons. The summed E-state index contributed by atoms with van der Waals surface area (Å²) < 4.78 is 0. The molecule has 1 saturated carbocycles. The molecule has 1 aliphatic rings. The van der Waals surface area contributed by atoms with Crippen LogP contribution in [0.5, 0.6) is 0 Å². The minimum Gasteiger partial charge on any atom is -0.313 e. The molecule has 0 aliphatic heterocycles. The molecule has 2 nitrogen and oxygen atoms in total. The van der Waals surface area contributed by atoms with E-state index in [4.69, 9.17) is 0 Å². The number of nitrogens with one attached hydrogen (secondary N) is 1. The predicted octanol–water partition coefficient (Wildman–Crippen LogP) is 2.25. The van der Waals surface area contributed by atoms with Gasteiger partial charge in [-0.05, 0) is 39.3 Å². The van der Waals surface area contributed by atoms with Gasteiger partial charge in [-0.2, -0.15) is 0 Å². The summed E-state index contributed by atoms with van der Waals surface area (Å²) in [5.74, 6) is 0. The van der Waals surface area contributed by atoms with Gasteiger partial charge in [0.2, 0.25) is 0 Å². The predicted molar refractivity (Wildman–Crippen MR) is 62.6 cm³/mol. The fourth-order valence-corrected chi connectivity index (χ4v) is 2.01. The Balaban J connectivity index is 2.16. The Morgan fingerprint density at radius 3 is 2.50 bits per heavy atom. The maximum atomic E-state index is 3.61. The Kier molecular flexibility index (Phi) is 5.49. The van der Waals surface area contributed by atoms with Crippen molar-refractivity contribution in [3.8, 4) is 0 Å². The summed E-state index contributed by atoms with van der Waals surface area (Å²) in [6.45, 7) is 6.90. The molecule has 0 aromatic rings. The number of nitrogens with zero attached hydrogens (tertiary/aromatic N) is 1. The van der Waals surface area contributed by atoms with Gasteiger partial charge in [0.25, 0.3) is 0 Å². The van der Waals surface area contributed by atoms with E-state index in [9.17, 15) is 0 Å². The second-order valence-electron chi connectivity index (χ2n) is 4.58. The van der Waals surface area contributed by atoms with Crippen LogP contribution in [-0.2, 0) is 0 Å². The summed E-state index contributed by atoms with van der Waals surface area (Å²) in [4.78, 5) is 2.54. The maximum Gasteiger partial charge on any atom is 0.0192 e. The molecule has 1 N–H and O–H groups in total. The summed E-state index contributed by atoms with van der Waals surface area (Å²) in [6.07, 6.45) is 6.76. The highest BCUT2D eigenvalue weighted by molar-refractivity contribution is 4.80. The van der Waals surface area contributed by atoms with Gasteiger partial charge in [-0.25, -0.2) is 0 Å². The number of hydrogen-bond acceptors (Lipinski definition) is 2. The summed E-state index contributed by atoms with van der Waals surface area (Å²) >= 11 is 0. The molecular formula is C12H26N2. The second-order valence-corrected chi connectivity index (χ2v) is 4.58. The first kappa shape index (κ1) is 12.0. The maximum absolute atomic E-state index is 3.61. The molecule has 1 fully saturated rings. The highest BCUT2D eigenvalue weighted by Crippen LogP contribution is 2.23. The monoisotopic (exact) mass is 198 g/mol. The molecule has 0 aromatic carbocycles. The van der Waals surface area contributed by atoms with Crippen LogP contribution >= 0.6 is 0 Å². The van der Waals surface area contributed by atoms with E-state index in [1.54, 1.807) is 0 Å². The van der Waals surface area contributed by atoms with E-state index in [2.05, 4.69) is 31.1 Å². The first-order valence-electron chi connectivity index (χ1n) is 6.21. The second kappa shape index (κ2) is 6.41. The van der Waals surface area contributed by atoms with E-state index >= 15 is 0 Å². The number of rotatable bonds is 7. The Morgan fingerprint density at radius 2 is 2.07 bits per heavy atom. The smallest absolute Gasteiger partial charge is 0.0192 e. The minimum atomic E-state index is 0.695. The standard InChI is InChI=1S/C12H26N2/c1-4-9-13-11(5-2)10-14(3)12-7-6-8-12/h11-13H,4-10H2,1-3H3. The SMILES string of the molecule is CCCNC(CC)CN(C)C1CCC1. The fourth-order valence-electron chi connectivity index (χ4n) is 2.01. The van der Waals surface area contributed by atoms with Crippen molar-refractivity contribution in [1.29, 1.82) is 0 Å². The quantitative estimate of drug-likeness (QED) is 0.675. The van der Waals surface area contributed by atoms with Gasteiger partial charge in [0.15, 0.2) is 0 Å². The topological polar surface area (TPSA) is 15.3 Å². The zero-order valence-corrected chi connectivity index (χ0v) is 10.1. The van der Waals surface area contributed by atoms with E-state index in [1.165, 1.54) is 38.6 Å². The van der Waals surface area contributed by atoms with Gasteiger partial charge >= 0.3 is 0 Å². The van der Waals surface area contributed by atoms with Crippen molar-refractivity contribution in [1.82, 2.24) is 10.2 Å². The van der Waals surface area contributed by atoms with Crippen LogP contribution in [0.25, 0.3) is 0 Å². The first-order valence-corrected chi connectivity index (χ1v) is 6.21. The van der Waals surface area contributed by atoms with Gasteiger partial charge in [0, 0.05) is 18.6 Å². The molecule has 84 valence electrons. The van der Waals surface area contributed by atoms with Crippen molar-refractivity contribution in [3.63, 3.8) is 0 Å². The average Bonchev–Trinajstić information content (AvgIpc) is 2.09. The van der Waals surface area contributed by atoms with Gasteiger partial charge in [-0.1, -0.05) is 20.3 Å². The third-order valence-corrected chi connectivity index (χ3v) is 3.38. The van der Waals surface area contributed by atoms with Gasteiger partial charge in [-0.15, -0.1) is 0 Å². The first-order chi connectivity index (χ1) is 6.77. The minimum absolute atomic E-state index is 0.695. The fraction of sp³-hybridized carbons (Fsp3) is 1.00. The molecule has 0 bridgehead atoms. The summed E-state index contributed by atoms with van der Waals surface area (Å²) in [6, 6.07) is 1.58. The molecule has 0 spiro atoms. The normalized spacial score (nSPS) is 19.7. The lowest BCUT2D eigenvalue weighted by atomic mass is 9.91. The van der Waals surface area contributed by atoms with E-state index in [1.807, 2.05) is 0 Å². The molecule has 14 heavy (non-hydrogen) atoms. The molecule has 1 unspecified atom stereocenters. The van der Waals surface area contributed by atoms with Crippen molar-refractivity contribution in [2.45, 2.75) is 58.0 Å². The number of hydrogen-bond donors (Lipinski definition) is 1. The van der Waals surface area contributed by atoms with Gasteiger partial charge in [-0.3, -0.25) is 0 Å². The van der Waals surface area contributed by atoms with Crippen LogP contribution in [0.3, 0.4) is 0 Å². The van der Waals surface area contributed by atoms with Crippen LogP contribution in [0.2, 0.25) is 0 Å².